The minimum absolute atomic E-state index is 0.412. The molecule has 0 fully saturated rings. The fourth-order valence-electron chi connectivity index (χ4n) is 1.28. The van der Waals surface area contributed by atoms with E-state index in [1.165, 1.54) is 6.92 Å². The fraction of sp³-hybridized carbons (Fsp3) is 0.385. The number of aliphatic carboxylic acids is 1. The predicted octanol–water partition coefficient (Wildman–Crippen LogP) is 1.06. The molecule has 3 N–H and O–H groups in total. The van der Waals surface area contributed by atoms with Crippen LogP contribution in [0.3, 0.4) is 0 Å². The van der Waals surface area contributed by atoms with Crippen molar-refractivity contribution in [1.29, 1.82) is 0 Å². The number of nitrogens with one attached hydrogen (secondary N) is 1. The lowest BCUT2D eigenvalue weighted by molar-refractivity contribution is -0.156. The quantitative estimate of drug-likeness (QED) is 0.730. The largest absolute Gasteiger partial charge is 0.481 e. The molecule has 6 nitrogen and oxygen atoms in total. The van der Waals surface area contributed by atoms with Gasteiger partial charge in [-0.1, -0.05) is 17.7 Å². The van der Waals surface area contributed by atoms with Crippen molar-refractivity contribution in [2.24, 2.45) is 0 Å². The summed E-state index contributed by atoms with van der Waals surface area (Å²) in [6, 6.07) is 6.54. The summed E-state index contributed by atoms with van der Waals surface area (Å²) >= 11 is 5.78. The zero-order chi connectivity index (χ0) is 15.3. The number of carbonyl (C=O) groups is 2. The Labute approximate surface area is 121 Å². The van der Waals surface area contributed by atoms with Crippen molar-refractivity contribution in [2.75, 3.05) is 6.54 Å². The van der Waals surface area contributed by atoms with Crippen LogP contribution in [0.4, 0.5) is 0 Å². The van der Waals surface area contributed by atoms with Gasteiger partial charge >= 0.3 is 5.97 Å². The molecular weight excluding hydrogens is 286 g/mol. The first kappa shape index (κ1) is 16.3. The van der Waals surface area contributed by atoms with Gasteiger partial charge in [0, 0.05) is 5.02 Å². The van der Waals surface area contributed by atoms with E-state index >= 15 is 0 Å². The fourth-order valence-corrected chi connectivity index (χ4v) is 1.46. The van der Waals surface area contributed by atoms with Gasteiger partial charge in [0.25, 0.3) is 5.91 Å². The molecule has 0 aliphatic carbocycles. The molecule has 0 aliphatic rings. The van der Waals surface area contributed by atoms with Crippen molar-refractivity contribution in [2.45, 2.75) is 25.6 Å². The van der Waals surface area contributed by atoms with Gasteiger partial charge in [-0.15, -0.1) is 0 Å². The molecule has 20 heavy (non-hydrogen) atoms. The van der Waals surface area contributed by atoms with Crippen molar-refractivity contribution in [1.82, 2.24) is 5.32 Å². The number of amides is 1. The van der Waals surface area contributed by atoms with E-state index in [0.29, 0.717) is 10.8 Å². The van der Waals surface area contributed by atoms with Crippen molar-refractivity contribution < 1.29 is 24.5 Å². The maximum atomic E-state index is 11.7. The standard InChI is InChI=1S/C13H16ClNO5/c1-8(20-10-5-3-4-9(14)6-10)11(16)15-7-13(2,19)12(17)18/h3-6,8,19H,7H2,1-2H3,(H,15,16)(H,17,18). The molecule has 0 aromatic heterocycles. The van der Waals surface area contributed by atoms with Crippen LogP contribution in [-0.4, -0.2) is 40.3 Å². The minimum Gasteiger partial charge on any atom is -0.481 e. The molecule has 1 aromatic carbocycles. The average molecular weight is 302 g/mol. The number of rotatable bonds is 6. The lowest BCUT2D eigenvalue weighted by atomic mass is 10.1. The van der Waals surface area contributed by atoms with E-state index in [4.69, 9.17) is 21.4 Å². The van der Waals surface area contributed by atoms with E-state index < -0.39 is 30.1 Å². The van der Waals surface area contributed by atoms with E-state index in [2.05, 4.69) is 5.32 Å². The Morgan fingerprint density at radius 3 is 2.70 bits per heavy atom. The number of carbonyl (C=O) groups excluding carboxylic acids is 1. The van der Waals surface area contributed by atoms with E-state index in [0.717, 1.165) is 6.92 Å². The van der Waals surface area contributed by atoms with Crippen molar-refractivity contribution in [3.63, 3.8) is 0 Å². The summed E-state index contributed by atoms with van der Waals surface area (Å²) in [5, 5.41) is 21.0. The molecule has 0 heterocycles. The highest BCUT2D eigenvalue weighted by molar-refractivity contribution is 6.30. The molecule has 1 rings (SSSR count). The summed E-state index contributed by atoms with van der Waals surface area (Å²) in [6.45, 7) is 2.19. The van der Waals surface area contributed by atoms with Gasteiger partial charge in [0.2, 0.25) is 0 Å². The van der Waals surface area contributed by atoms with E-state index in [9.17, 15) is 14.7 Å². The summed E-state index contributed by atoms with van der Waals surface area (Å²) < 4.78 is 5.36. The second kappa shape index (κ2) is 6.58. The number of halogens is 1. The third-order valence-electron chi connectivity index (χ3n) is 2.55. The van der Waals surface area contributed by atoms with E-state index in [1.807, 2.05) is 0 Å². The van der Waals surface area contributed by atoms with Crippen LogP contribution in [0.2, 0.25) is 5.02 Å². The molecule has 0 saturated heterocycles. The first-order valence-electron chi connectivity index (χ1n) is 5.88. The summed E-state index contributed by atoms with van der Waals surface area (Å²) in [7, 11) is 0. The molecule has 2 unspecified atom stereocenters. The number of benzene rings is 1. The number of carboxylic acids is 1. The Morgan fingerprint density at radius 1 is 1.50 bits per heavy atom. The van der Waals surface area contributed by atoms with Crippen LogP contribution >= 0.6 is 11.6 Å². The molecule has 7 heteroatoms. The Kier molecular flexibility index (Phi) is 5.35. The van der Waals surface area contributed by atoms with Gasteiger partial charge in [0.05, 0.1) is 6.54 Å². The maximum absolute atomic E-state index is 11.7. The third-order valence-corrected chi connectivity index (χ3v) is 2.78. The van der Waals surface area contributed by atoms with Gasteiger partial charge in [-0.25, -0.2) is 4.79 Å². The molecule has 1 amide bonds. The maximum Gasteiger partial charge on any atom is 0.337 e. The van der Waals surface area contributed by atoms with E-state index in [1.54, 1.807) is 24.3 Å². The van der Waals surface area contributed by atoms with Gasteiger partial charge in [-0.2, -0.15) is 0 Å². The highest BCUT2D eigenvalue weighted by Crippen LogP contribution is 2.18. The molecular formula is C13H16ClNO5. The van der Waals surface area contributed by atoms with Gasteiger partial charge in [-0.05, 0) is 32.0 Å². The van der Waals surface area contributed by atoms with Crippen LogP contribution in [0.25, 0.3) is 0 Å². The van der Waals surface area contributed by atoms with Crippen LogP contribution in [-0.2, 0) is 9.59 Å². The SMILES string of the molecule is CC(Oc1cccc(Cl)c1)C(=O)NCC(C)(O)C(=O)O. The number of hydrogen-bond acceptors (Lipinski definition) is 4. The first-order valence-corrected chi connectivity index (χ1v) is 6.26. The number of carboxylic acid groups (broad SMARTS) is 1. The normalized spacial score (nSPS) is 15.0. The summed E-state index contributed by atoms with van der Waals surface area (Å²) in [6.07, 6.45) is -0.849. The molecule has 0 aliphatic heterocycles. The van der Waals surface area contributed by atoms with Crippen molar-refractivity contribution >= 4 is 23.5 Å². The van der Waals surface area contributed by atoms with Crippen molar-refractivity contribution in [3.05, 3.63) is 29.3 Å². The smallest absolute Gasteiger partial charge is 0.337 e. The number of hydrogen-bond donors (Lipinski definition) is 3. The van der Waals surface area contributed by atoms with Gasteiger partial charge in [0.1, 0.15) is 5.75 Å². The molecule has 1 aromatic rings. The third kappa shape index (κ3) is 4.71. The van der Waals surface area contributed by atoms with Crippen molar-refractivity contribution in [3.8, 4) is 5.75 Å². The van der Waals surface area contributed by atoms with E-state index in [-0.39, 0.29) is 0 Å². The topological polar surface area (TPSA) is 95.9 Å². The average Bonchev–Trinajstić information content (AvgIpc) is 2.35. The second-order valence-electron chi connectivity index (χ2n) is 4.51. The van der Waals surface area contributed by atoms with Gasteiger partial charge < -0.3 is 20.3 Å². The zero-order valence-electron chi connectivity index (χ0n) is 11.1. The number of ether oxygens (including phenoxy) is 1. The highest BCUT2D eigenvalue weighted by atomic mass is 35.5. The zero-order valence-corrected chi connectivity index (χ0v) is 11.8. The molecule has 110 valence electrons. The summed E-state index contributed by atoms with van der Waals surface area (Å²) in [5.74, 6) is -1.53. The van der Waals surface area contributed by atoms with Crippen LogP contribution in [0.1, 0.15) is 13.8 Å². The Balaban J connectivity index is 2.54. The first-order chi connectivity index (χ1) is 9.22. The summed E-state index contributed by atoms with van der Waals surface area (Å²) in [5.41, 5.74) is -2.02. The molecule has 0 spiro atoms. The number of aliphatic hydroxyl groups is 1. The lowest BCUT2D eigenvalue weighted by Crippen LogP contribution is -2.49. The van der Waals surface area contributed by atoms with Crippen LogP contribution in [0.5, 0.6) is 5.75 Å². The monoisotopic (exact) mass is 301 g/mol. The summed E-state index contributed by atoms with van der Waals surface area (Å²) in [4.78, 5) is 22.4. The molecule has 0 bridgehead atoms. The predicted molar refractivity (Wildman–Crippen MR) is 72.8 cm³/mol. The van der Waals surface area contributed by atoms with Gasteiger partial charge in [0.15, 0.2) is 11.7 Å². The Morgan fingerprint density at radius 2 is 2.15 bits per heavy atom. The lowest BCUT2D eigenvalue weighted by Gasteiger charge is -2.20. The molecule has 2 atom stereocenters. The molecule has 0 saturated carbocycles. The van der Waals surface area contributed by atoms with Gasteiger partial charge in [-0.3, -0.25) is 4.79 Å². The minimum atomic E-state index is -2.02. The highest BCUT2D eigenvalue weighted by Gasteiger charge is 2.31. The Bertz CT molecular complexity index is 503. The Hall–Kier alpha value is -1.79. The molecule has 0 radical (unpaired) electrons. The van der Waals surface area contributed by atoms with Crippen LogP contribution in [0, 0.1) is 0 Å². The second-order valence-corrected chi connectivity index (χ2v) is 4.95. The van der Waals surface area contributed by atoms with Crippen LogP contribution in [0.15, 0.2) is 24.3 Å². The van der Waals surface area contributed by atoms with Crippen LogP contribution < -0.4 is 10.1 Å².